The lowest BCUT2D eigenvalue weighted by Crippen LogP contribution is -2.12. The van der Waals surface area contributed by atoms with Gasteiger partial charge in [-0.15, -0.1) is 22.7 Å². The van der Waals surface area contributed by atoms with Crippen molar-refractivity contribution in [2.75, 3.05) is 5.32 Å². The quantitative estimate of drug-likeness (QED) is 0.680. The van der Waals surface area contributed by atoms with Gasteiger partial charge in [-0.3, -0.25) is 4.79 Å². The molecule has 21 heavy (non-hydrogen) atoms. The molecule has 2 heterocycles. The summed E-state index contributed by atoms with van der Waals surface area (Å²) in [7, 11) is 0. The number of aromatic nitrogens is 1. The number of nitrogens with zero attached hydrogens (tertiary/aromatic N) is 1. The van der Waals surface area contributed by atoms with Crippen LogP contribution in [0.4, 0.5) is 5.69 Å². The molecule has 0 atom stereocenters. The number of hydrogen-bond acceptors (Lipinski definition) is 4. The largest absolute Gasteiger partial charge is 0.320 e. The number of anilines is 1. The van der Waals surface area contributed by atoms with Gasteiger partial charge in [0.05, 0.1) is 10.6 Å². The van der Waals surface area contributed by atoms with Gasteiger partial charge in [0.1, 0.15) is 10.7 Å². The number of halogens is 1. The van der Waals surface area contributed by atoms with Crippen molar-refractivity contribution in [1.29, 1.82) is 0 Å². The summed E-state index contributed by atoms with van der Waals surface area (Å²) < 4.78 is 0.865. The van der Waals surface area contributed by atoms with Crippen LogP contribution in [0.3, 0.4) is 0 Å². The number of thiophene rings is 1. The van der Waals surface area contributed by atoms with Crippen molar-refractivity contribution in [2.24, 2.45) is 0 Å². The third-order valence-electron chi connectivity index (χ3n) is 2.84. The second-order valence-electron chi connectivity index (χ2n) is 4.45. The smallest absolute Gasteiger partial charge is 0.275 e. The minimum absolute atomic E-state index is 0.196. The Kier molecular flexibility index (Phi) is 4.19. The molecule has 6 heteroatoms. The summed E-state index contributed by atoms with van der Waals surface area (Å²) in [6.07, 6.45) is 0. The van der Waals surface area contributed by atoms with E-state index in [9.17, 15) is 4.79 Å². The number of carbonyl (C=O) groups excluding carboxylic acids is 1. The molecule has 0 aliphatic heterocycles. The zero-order chi connectivity index (χ0) is 14.8. The van der Waals surface area contributed by atoms with Crippen molar-refractivity contribution in [2.45, 2.75) is 6.92 Å². The van der Waals surface area contributed by atoms with Crippen LogP contribution >= 0.6 is 38.6 Å². The lowest BCUT2D eigenvalue weighted by molar-refractivity contribution is 0.102. The number of thiazole rings is 1. The fraction of sp³-hybridized carbons (Fsp3) is 0.0667. The van der Waals surface area contributed by atoms with E-state index >= 15 is 0 Å². The zero-order valence-corrected chi connectivity index (χ0v) is 14.3. The van der Waals surface area contributed by atoms with Gasteiger partial charge >= 0.3 is 0 Å². The molecule has 1 N–H and O–H groups in total. The maximum atomic E-state index is 12.2. The third kappa shape index (κ3) is 3.23. The van der Waals surface area contributed by atoms with E-state index in [1.807, 2.05) is 42.6 Å². The fourth-order valence-electron chi connectivity index (χ4n) is 1.80. The van der Waals surface area contributed by atoms with E-state index in [0.29, 0.717) is 5.69 Å². The van der Waals surface area contributed by atoms with Crippen LogP contribution in [-0.4, -0.2) is 10.9 Å². The summed E-state index contributed by atoms with van der Waals surface area (Å²) in [5.41, 5.74) is 2.32. The Balaban J connectivity index is 1.79. The van der Waals surface area contributed by atoms with Gasteiger partial charge in [0.25, 0.3) is 5.91 Å². The van der Waals surface area contributed by atoms with Gasteiger partial charge in [-0.2, -0.15) is 0 Å². The van der Waals surface area contributed by atoms with Crippen LogP contribution in [0, 0.1) is 6.92 Å². The summed E-state index contributed by atoms with van der Waals surface area (Å²) in [5, 5.41) is 7.53. The molecule has 3 nitrogen and oxygen atoms in total. The first kappa shape index (κ1) is 14.4. The van der Waals surface area contributed by atoms with E-state index in [1.165, 1.54) is 11.3 Å². The first-order chi connectivity index (χ1) is 10.1. The van der Waals surface area contributed by atoms with E-state index in [-0.39, 0.29) is 5.91 Å². The normalized spacial score (nSPS) is 10.6. The molecule has 0 saturated heterocycles. The summed E-state index contributed by atoms with van der Waals surface area (Å²) in [5.74, 6) is -0.196. The van der Waals surface area contributed by atoms with Gasteiger partial charge in [0, 0.05) is 9.85 Å². The van der Waals surface area contributed by atoms with Crippen molar-refractivity contribution < 1.29 is 4.79 Å². The standard InChI is InChI=1S/C15H11BrN2OS2/c1-9-4-5-11(10(16)7-9)17-14(19)12-8-21-15(18-12)13-3-2-6-20-13/h2-8H,1H3,(H,17,19). The first-order valence-electron chi connectivity index (χ1n) is 6.20. The Morgan fingerprint density at radius 3 is 2.86 bits per heavy atom. The predicted molar refractivity (Wildman–Crippen MR) is 92.3 cm³/mol. The SMILES string of the molecule is Cc1ccc(NC(=O)c2csc(-c3cccs3)n2)c(Br)c1. The maximum Gasteiger partial charge on any atom is 0.275 e. The second-order valence-corrected chi connectivity index (χ2v) is 7.11. The van der Waals surface area contributed by atoms with Gasteiger partial charge in [-0.1, -0.05) is 12.1 Å². The Labute approximate surface area is 138 Å². The molecule has 0 aliphatic rings. The zero-order valence-electron chi connectivity index (χ0n) is 11.1. The predicted octanol–water partition coefficient (Wildman–Crippen LogP) is 5.19. The molecule has 3 aromatic rings. The average molecular weight is 379 g/mol. The number of benzene rings is 1. The molecule has 0 radical (unpaired) electrons. The van der Waals surface area contributed by atoms with Crippen LogP contribution in [0.1, 0.15) is 16.1 Å². The minimum atomic E-state index is -0.196. The van der Waals surface area contributed by atoms with Crippen molar-refractivity contribution >= 4 is 50.2 Å². The van der Waals surface area contributed by atoms with Crippen molar-refractivity contribution in [3.05, 3.63) is 56.8 Å². The van der Waals surface area contributed by atoms with Crippen molar-refractivity contribution in [3.63, 3.8) is 0 Å². The molecule has 106 valence electrons. The lowest BCUT2D eigenvalue weighted by Gasteiger charge is -2.06. The molecule has 0 aliphatic carbocycles. The van der Waals surface area contributed by atoms with Gasteiger partial charge < -0.3 is 5.32 Å². The van der Waals surface area contributed by atoms with Crippen molar-refractivity contribution in [1.82, 2.24) is 4.98 Å². The number of hydrogen-bond donors (Lipinski definition) is 1. The Morgan fingerprint density at radius 1 is 1.29 bits per heavy atom. The van der Waals surface area contributed by atoms with Crippen LogP contribution in [0.15, 0.2) is 45.6 Å². The molecule has 0 spiro atoms. The van der Waals surface area contributed by atoms with Crippen LogP contribution < -0.4 is 5.32 Å². The second kappa shape index (κ2) is 6.09. The molecule has 0 fully saturated rings. The van der Waals surface area contributed by atoms with Gasteiger partial charge in [0.2, 0.25) is 0 Å². The Bertz CT molecular complexity index is 781. The number of nitrogens with one attached hydrogen (secondary N) is 1. The van der Waals surface area contributed by atoms with E-state index in [1.54, 1.807) is 16.7 Å². The summed E-state index contributed by atoms with van der Waals surface area (Å²) in [4.78, 5) is 17.7. The van der Waals surface area contributed by atoms with E-state index in [0.717, 1.165) is 25.6 Å². The highest BCUT2D eigenvalue weighted by Crippen LogP contribution is 2.28. The lowest BCUT2D eigenvalue weighted by atomic mass is 10.2. The molecule has 0 bridgehead atoms. The Hall–Kier alpha value is -1.50. The van der Waals surface area contributed by atoms with Crippen LogP contribution in [0.25, 0.3) is 9.88 Å². The molecular formula is C15H11BrN2OS2. The van der Waals surface area contributed by atoms with E-state index in [2.05, 4.69) is 26.2 Å². The number of carbonyl (C=O) groups is 1. The highest BCUT2D eigenvalue weighted by Gasteiger charge is 2.13. The van der Waals surface area contributed by atoms with Gasteiger partial charge in [0.15, 0.2) is 0 Å². The summed E-state index contributed by atoms with van der Waals surface area (Å²) in [6, 6.07) is 9.78. The molecule has 1 aromatic carbocycles. The van der Waals surface area contributed by atoms with Crippen LogP contribution in [0.5, 0.6) is 0 Å². The van der Waals surface area contributed by atoms with Crippen molar-refractivity contribution in [3.8, 4) is 9.88 Å². The number of rotatable bonds is 3. The van der Waals surface area contributed by atoms with E-state index < -0.39 is 0 Å². The third-order valence-corrected chi connectivity index (χ3v) is 5.38. The molecule has 1 amide bonds. The Morgan fingerprint density at radius 2 is 2.14 bits per heavy atom. The van der Waals surface area contributed by atoms with E-state index in [4.69, 9.17) is 0 Å². The number of amides is 1. The highest BCUT2D eigenvalue weighted by atomic mass is 79.9. The summed E-state index contributed by atoms with van der Waals surface area (Å²) >= 11 is 6.55. The summed E-state index contributed by atoms with van der Waals surface area (Å²) in [6.45, 7) is 2.00. The molecular weight excluding hydrogens is 368 g/mol. The monoisotopic (exact) mass is 378 g/mol. The van der Waals surface area contributed by atoms with Crippen LogP contribution in [-0.2, 0) is 0 Å². The molecule has 3 rings (SSSR count). The van der Waals surface area contributed by atoms with Crippen LogP contribution in [0.2, 0.25) is 0 Å². The minimum Gasteiger partial charge on any atom is -0.320 e. The van der Waals surface area contributed by atoms with Gasteiger partial charge in [-0.05, 0) is 52.0 Å². The first-order valence-corrected chi connectivity index (χ1v) is 8.75. The average Bonchev–Trinajstić information content (AvgIpc) is 3.10. The highest BCUT2D eigenvalue weighted by molar-refractivity contribution is 9.10. The number of aryl methyl sites for hydroxylation is 1. The molecule has 0 unspecified atom stereocenters. The molecule has 0 saturated carbocycles. The van der Waals surface area contributed by atoms with Gasteiger partial charge in [-0.25, -0.2) is 4.98 Å². The topological polar surface area (TPSA) is 42.0 Å². The molecule has 2 aromatic heterocycles. The fourth-order valence-corrected chi connectivity index (χ4v) is 4.01. The maximum absolute atomic E-state index is 12.2.